The second-order valence-corrected chi connectivity index (χ2v) is 5.05. The molecule has 0 amide bonds. The molecule has 0 unspecified atom stereocenters. The molecule has 0 atom stereocenters. The van der Waals surface area contributed by atoms with E-state index in [4.69, 9.17) is 22.3 Å². The van der Waals surface area contributed by atoms with E-state index in [0.717, 1.165) is 35.1 Å². The number of nitrogens with zero attached hydrogens (tertiary/aromatic N) is 1. The largest absolute Gasteiger partial charge is 0.398 e. The summed E-state index contributed by atoms with van der Waals surface area (Å²) < 4.78 is 0. The van der Waals surface area contributed by atoms with Gasteiger partial charge in [-0.1, -0.05) is 30.2 Å². The number of benzene rings is 1. The average Bonchev–Trinajstić information content (AvgIpc) is 2.56. The molecule has 1 aliphatic rings. The summed E-state index contributed by atoms with van der Waals surface area (Å²) in [4.78, 5) is 4.72. The highest BCUT2D eigenvalue weighted by Gasteiger charge is 2.16. The normalized spacial score (nSPS) is 15.6. The fraction of sp³-hybridized carbons (Fsp3) is 0.357. The first-order chi connectivity index (χ1) is 8.27. The molecule has 0 aliphatic heterocycles. The quantitative estimate of drug-likeness (QED) is 0.720. The number of fused-ring (bicyclic) bond motifs is 2. The van der Waals surface area contributed by atoms with Gasteiger partial charge in [-0.05, 0) is 37.3 Å². The summed E-state index contributed by atoms with van der Waals surface area (Å²) >= 11 is 6.19. The van der Waals surface area contributed by atoms with Gasteiger partial charge in [0.15, 0.2) is 0 Å². The van der Waals surface area contributed by atoms with E-state index in [1.54, 1.807) is 0 Å². The number of aromatic nitrogens is 1. The van der Waals surface area contributed by atoms with Crippen LogP contribution < -0.4 is 5.73 Å². The van der Waals surface area contributed by atoms with E-state index in [2.05, 4.69) is 0 Å². The minimum atomic E-state index is 0.696. The summed E-state index contributed by atoms with van der Waals surface area (Å²) in [5.41, 5.74) is 10.4. The molecule has 0 fully saturated rings. The highest BCUT2D eigenvalue weighted by molar-refractivity contribution is 6.35. The summed E-state index contributed by atoms with van der Waals surface area (Å²) in [6, 6.07) is 5.82. The number of hydrogen-bond acceptors (Lipinski definition) is 2. The van der Waals surface area contributed by atoms with Crippen LogP contribution in [-0.2, 0) is 12.8 Å². The Hall–Kier alpha value is -1.28. The summed E-state index contributed by atoms with van der Waals surface area (Å²) in [6.07, 6.45) is 5.76. The maximum Gasteiger partial charge on any atom is 0.0912 e. The number of nitrogen functional groups attached to an aromatic ring is 1. The third-order valence-electron chi connectivity index (χ3n) is 3.54. The monoisotopic (exact) mass is 246 g/mol. The maximum absolute atomic E-state index is 6.28. The molecule has 1 aliphatic carbocycles. The first-order valence-electron chi connectivity index (χ1n) is 6.13. The lowest BCUT2D eigenvalue weighted by atomic mass is 10.0. The van der Waals surface area contributed by atoms with Crippen LogP contribution >= 0.6 is 11.6 Å². The van der Waals surface area contributed by atoms with Crippen molar-refractivity contribution in [1.82, 2.24) is 4.98 Å². The predicted octanol–water partition coefficient (Wildman–Crippen LogP) is 3.74. The van der Waals surface area contributed by atoms with Crippen LogP contribution in [0.2, 0.25) is 5.02 Å². The van der Waals surface area contributed by atoms with Crippen LogP contribution in [0.1, 0.15) is 30.5 Å². The van der Waals surface area contributed by atoms with Crippen LogP contribution in [0, 0.1) is 0 Å². The van der Waals surface area contributed by atoms with Gasteiger partial charge in [-0.15, -0.1) is 0 Å². The number of pyridine rings is 1. The summed E-state index contributed by atoms with van der Waals surface area (Å²) in [6.45, 7) is 0. The zero-order valence-electron chi connectivity index (χ0n) is 9.67. The number of halogens is 1. The molecule has 1 aromatic carbocycles. The van der Waals surface area contributed by atoms with E-state index < -0.39 is 0 Å². The van der Waals surface area contributed by atoms with E-state index in [1.807, 2.05) is 18.2 Å². The standard InChI is InChI=1S/C14H15ClN2/c15-11-7-4-6-10-13(16)9-5-2-1-3-8-12(9)17-14(10)11/h4,6-7H,1-3,5,8H2,(H2,16,17). The Bertz CT molecular complexity index is 578. The smallest absolute Gasteiger partial charge is 0.0912 e. The molecular formula is C14H15ClN2. The first-order valence-corrected chi connectivity index (χ1v) is 6.50. The lowest BCUT2D eigenvalue weighted by molar-refractivity contribution is 0.709. The van der Waals surface area contributed by atoms with Gasteiger partial charge in [0.05, 0.1) is 10.5 Å². The SMILES string of the molecule is Nc1c2c(nc3c(Cl)cccc13)CCCCC2. The van der Waals surface area contributed by atoms with E-state index in [1.165, 1.54) is 24.8 Å². The Morgan fingerprint density at radius 1 is 1.12 bits per heavy atom. The minimum absolute atomic E-state index is 0.696. The van der Waals surface area contributed by atoms with Gasteiger partial charge in [0.25, 0.3) is 0 Å². The Kier molecular flexibility index (Phi) is 2.67. The molecule has 1 aromatic heterocycles. The topological polar surface area (TPSA) is 38.9 Å². The van der Waals surface area contributed by atoms with Crippen molar-refractivity contribution in [2.24, 2.45) is 0 Å². The lowest BCUT2D eigenvalue weighted by Crippen LogP contribution is -2.03. The fourth-order valence-corrected chi connectivity index (χ4v) is 2.84. The van der Waals surface area contributed by atoms with Crippen molar-refractivity contribution in [3.63, 3.8) is 0 Å². The third kappa shape index (κ3) is 1.77. The highest BCUT2D eigenvalue weighted by atomic mass is 35.5. The van der Waals surface area contributed by atoms with E-state index in [0.29, 0.717) is 5.02 Å². The van der Waals surface area contributed by atoms with Crippen LogP contribution in [0.25, 0.3) is 10.9 Å². The van der Waals surface area contributed by atoms with Crippen molar-refractivity contribution in [3.8, 4) is 0 Å². The minimum Gasteiger partial charge on any atom is -0.398 e. The number of para-hydroxylation sites is 1. The molecule has 1 heterocycles. The first kappa shape index (κ1) is 10.8. The zero-order valence-corrected chi connectivity index (χ0v) is 10.4. The number of aryl methyl sites for hydroxylation is 1. The Balaban J connectivity index is 2.33. The molecule has 2 N–H and O–H groups in total. The molecule has 0 bridgehead atoms. The van der Waals surface area contributed by atoms with Gasteiger partial charge in [-0.2, -0.15) is 0 Å². The molecule has 2 nitrogen and oxygen atoms in total. The number of rotatable bonds is 0. The van der Waals surface area contributed by atoms with Crippen molar-refractivity contribution < 1.29 is 0 Å². The van der Waals surface area contributed by atoms with Crippen molar-refractivity contribution in [1.29, 1.82) is 0 Å². The lowest BCUT2D eigenvalue weighted by Gasteiger charge is -2.12. The fourth-order valence-electron chi connectivity index (χ4n) is 2.62. The van der Waals surface area contributed by atoms with Crippen molar-refractivity contribution in [2.75, 3.05) is 5.73 Å². The van der Waals surface area contributed by atoms with Crippen LogP contribution in [0.5, 0.6) is 0 Å². The molecule has 3 heteroatoms. The number of nitrogens with two attached hydrogens (primary N) is 1. The van der Waals surface area contributed by atoms with E-state index >= 15 is 0 Å². The van der Waals surface area contributed by atoms with Gasteiger partial charge in [0.2, 0.25) is 0 Å². The van der Waals surface area contributed by atoms with Gasteiger partial charge in [-0.3, -0.25) is 4.98 Å². The second-order valence-electron chi connectivity index (χ2n) is 4.65. The van der Waals surface area contributed by atoms with Crippen LogP contribution in [0.4, 0.5) is 5.69 Å². The Labute approximate surface area is 106 Å². The van der Waals surface area contributed by atoms with Crippen molar-refractivity contribution in [2.45, 2.75) is 32.1 Å². The molecule has 2 aromatic rings. The molecule has 3 rings (SSSR count). The summed E-state index contributed by atoms with van der Waals surface area (Å²) in [5.74, 6) is 0. The van der Waals surface area contributed by atoms with Gasteiger partial charge in [0, 0.05) is 16.8 Å². The van der Waals surface area contributed by atoms with Gasteiger partial charge in [0.1, 0.15) is 0 Å². The van der Waals surface area contributed by atoms with Gasteiger partial charge >= 0.3 is 0 Å². The molecule has 0 spiro atoms. The maximum atomic E-state index is 6.28. The molecule has 0 saturated carbocycles. The van der Waals surface area contributed by atoms with Gasteiger partial charge < -0.3 is 5.73 Å². The van der Waals surface area contributed by atoms with Crippen LogP contribution in [0.15, 0.2) is 18.2 Å². The van der Waals surface area contributed by atoms with Crippen molar-refractivity contribution in [3.05, 3.63) is 34.5 Å². The molecule has 17 heavy (non-hydrogen) atoms. The third-order valence-corrected chi connectivity index (χ3v) is 3.84. The number of anilines is 1. The summed E-state index contributed by atoms with van der Waals surface area (Å²) in [7, 11) is 0. The van der Waals surface area contributed by atoms with E-state index in [-0.39, 0.29) is 0 Å². The molecular weight excluding hydrogens is 232 g/mol. The van der Waals surface area contributed by atoms with Gasteiger partial charge in [-0.25, -0.2) is 0 Å². The van der Waals surface area contributed by atoms with E-state index in [9.17, 15) is 0 Å². The highest BCUT2D eigenvalue weighted by Crippen LogP contribution is 2.33. The number of hydrogen-bond donors (Lipinski definition) is 1. The average molecular weight is 247 g/mol. The molecule has 88 valence electrons. The van der Waals surface area contributed by atoms with Crippen molar-refractivity contribution >= 4 is 28.2 Å². The zero-order chi connectivity index (χ0) is 11.8. The second kappa shape index (κ2) is 4.19. The van der Waals surface area contributed by atoms with Crippen LogP contribution in [-0.4, -0.2) is 4.98 Å². The predicted molar refractivity (Wildman–Crippen MR) is 72.4 cm³/mol. The Morgan fingerprint density at radius 2 is 1.94 bits per heavy atom. The summed E-state index contributed by atoms with van der Waals surface area (Å²) in [5, 5.41) is 1.69. The Morgan fingerprint density at radius 3 is 2.82 bits per heavy atom. The van der Waals surface area contributed by atoms with Crippen LogP contribution in [0.3, 0.4) is 0 Å². The molecule has 0 saturated heterocycles. The molecule has 0 radical (unpaired) electrons.